The molecule has 0 saturated carbocycles. The van der Waals surface area contributed by atoms with Crippen LogP contribution in [-0.2, 0) is 0 Å². The summed E-state index contributed by atoms with van der Waals surface area (Å²) in [6, 6.07) is 15.9. The molecular formula is C33H48N2. The van der Waals surface area contributed by atoms with Gasteiger partial charge in [0.1, 0.15) is 5.82 Å². The molecule has 1 aliphatic rings. The summed E-state index contributed by atoms with van der Waals surface area (Å²) in [5, 5.41) is 0. The molecule has 0 aliphatic carbocycles. The van der Waals surface area contributed by atoms with E-state index in [1.54, 1.807) is 16.7 Å². The second kappa shape index (κ2) is 14.3. The maximum absolute atomic E-state index is 5.02. The monoisotopic (exact) mass is 472 g/mol. The largest absolute Gasteiger partial charge is 0.318 e. The van der Waals surface area contributed by atoms with Crippen molar-refractivity contribution in [2.24, 2.45) is 0 Å². The molecule has 0 saturated heterocycles. The lowest BCUT2D eigenvalue weighted by Crippen LogP contribution is -2.41. The predicted molar refractivity (Wildman–Crippen MR) is 154 cm³/mol. The Morgan fingerprint density at radius 2 is 1.34 bits per heavy atom. The maximum Gasteiger partial charge on any atom is 0.136 e. The molecule has 0 radical (unpaired) electrons. The van der Waals surface area contributed by atoms with Crippen molar-refractivity contribution >= 4 is 11.5 Å². The highest BCUT2D eigenvalue weighted by Crippen LogP contribution is 2.46. The van der Waals surface area contributed by atoms with Crippen LogP contribution in [0.2, 0.25) is 0 Å². The van der Waals surface area contributed by atoms with Crippen LogP contribution in [-0.4, -0.2) is 11.0 Å². The van der Waals surface area contributed by atoms with E-state index in [2.05, 4.69) is 82.0 Å². The van der Waals surface area contributed by atoms with E-state index in [4.69, 9.17) is 4.98 Å². The number of unbranched alkanes of at least 4 members (excludes halogenated alkanes) is 4. The first-order valence-corrected chi connectivity index (χ1v) is 14.4. The van der Waals surface area contributed by atoms with Gasteiger partial charge in [0, 0.05) is 6.20 Å². The highest BCUT2D eigenvalue weighted by molar-refractivity contribution is 5.87. The zero-order chi connectivity index (χ0) is 25.0. The van der Waals surface area contributed by atoms with Gasteiger partial charge in [-0.2, -0.15) is 0 Å². The van der Waals surface area contributed by atoms with Crippen LogP contribution >= 0.6 is 0 Å². The molecule has 0 N–H and O–H groups in total. The highest BCUT2D eigenvalue weighted by atomic mass is 15.2. The zero-order valence-electron chi connectivity index (χ0n) is 23.1. The number of aryl methyl sites for hydroxylation is 1. The van der Waals surface area contributed by atoms with Gasteiger partial charge in [-0.05, 0) is 85.8 Å². The molecule has 0 fully saturated rings. The Morgan fingerprint density at radius 3 is 1.97 bits per heavy atom. The molecule has 0 spiro atoms. The smallest absolute Gasteiger partial charge is 0.136 e. The lowest BCUT2D eigenvalue weighted by molar-refractivity contribution is 0.570. The molecule has 0 amide bonds. The molecule has 35 heavy (non-hydrogen) atoms. The van der Waals surface area contributed by atoms with Gasteiger partial charge in [-0.15, -0.1) is 0 Å². The zero-order valence-corrected chi connectivity index (χ0v) is 23.1. The van der Waals surface area contributed by atoms with E-state index >= 15 is 0 Å². The molecule has 1 atom stereocenters. The fraction of sp³-hybridized carbons (Fsp3) is 0.545. The van der Waals surface area contributed by atoms with Crippen LogP contribution in [0.15, 0.2) is 65.4 Å². The summed E-state index contributed by atoms with van der Waals surface area (Å²) in [5.41, 5.74) is 9.03. The van der Waals surface area contributed by atoms with Gasteiger partial charge in [0.2, 0.25) is 0 Å². The number of hydrogen-bond donors (Lipinski definition) is 0. The van der Waals surface area contributed by atoms with E-state index in [-0.39, 0.29) is 0 Å². The Morgan fingerprint density at radius 1 is 0.714 bits per heavy atom. The van der Waals surface area contributed by atoms with Crippen molar-refractivity contribution < 1.29 is 0 Å². The average molecular weight is 473 g/mol. The molecule has 2 heterocycles. The second-order valence-corrected chi connectivity index (χ2v) is 10.2. The summed E-state index contributed by atoms with van der Waals surface area (Å²) in [7, 11) is 0. The third-order valence-electron chi connectivity index (χ3n) is 7.44. The highest BCUT2D eigenvalue weighted by Gasteiger charge is 2.36. The minimum Gasteiger partial charge on any atom is -0.318 e. The fourth-order valence-electron chi connectivity index (χ4n) is 5.56. The van der Waals surface area contributed by atoms with Crippen LogP contribution in [0.25, 0.3) is 5.70 Å². The first kappa shape index (κ1) is 27.2. The van der Waals surface area contributed by atoms with E-state index in [9.17, 15) is 0 Å². The summed E-state index contributed by atoms with van der Waals surface area (Å²) >= 11 is 0. The van der Waals surface area contributed by atoms with Crippen LogP contribution in [0.1, 0.15) is 116 Å². The van der Waals surface area contributed by atoms with Crippen LogP contribution in [0.3, 0.4) is 0 Å². The average Bonchev–Trinajstić information content (AvgIpc) is 2.89. The Balaban J connectivity index is 2.35. The van der Waals surface area contributed by atoms with Crippen molar-refractivity contribution in [3.8, 4) is 0 Å². The lowest BCUT2D eigenvalue weighted by atomic mass is 9.78. The Bertz CT molecular complexity index is 970. The van der Waals surface area contributed by atoms with E-state index in [1.165, 1.54) is 87.5 Å². The molecule has 1 aliphatic heterocycles. The number of nitrogens with zero attached hydrogens (tertiary/aromatic N) is 2. The molecule has 2 nitrogen and oxygen atoms in total. The van der Waals surface area contributed by atoms with Crippen molar-refractivity contribution in [1.82, 2.24) is 4.98 Å². The Labute approximate surface area is 215 Å². The van der Waals surface area contributed by atoms with Crippen LogP contribution in [0.5, 0.6) is 0 Å². The summed E-state index contributed by atoms with van der Waals surface area (Å²) in [4.78, 5) is 7.69. The number of aromatic nitrogens is 1. The third kappa shape index (κ3) is 6.66. The summed E-state index contributed by atoms with van der Waals surface area (Å²) in [6.45, 7) is 11.5. The van der Waals surface area contributed by atoms with Crippen molar-refractivity contribution in [2.75, 3.05) is 4.90 Å². The van der Waals surface area contributed by atoms with Gasteiger partial charge >= 0.3 is 0 Å². The number of pyridine rings is 1. The van der Waals surface area contributed by atoms with Crippen molar-refractivity contribution in [3.05, 3.63) is 76.5 Å². The first-order valence-electron chi connectivity index (χ1n) is 14.4. The topological polar surface area (TPSA) is 16.1 Å². The lowest BCUT2D eigenvalue weighted by Gasteiger charge is -2.44. The number of benzene rings is 1. The normalized spacial score (nSPS) is 16.4. The quantitative estimate of drug-likeness (QED) is 0.272. The third-order valence-corrected chi connectivity index (χ3v) is 7.44. The van der Waals surface area contributed by atoms with Crippen LogP contribution in [0.4, 0.5) is 5.82 Å². The Hall–Kier alpha value is -2.35. The minimum absolute atomic E-state index is 0.391. The molecule has 190 valence electrons. The van der Waals surface area contributed by atoms with Gasteiger partial charge in [-0.1, -0.05) is 96.2 Å². The van der Waals surface area contributed by atoms with Crippen molar-refractivity contribution in [1.29, 1.82) is 0 Å². The maximum atomic E-state index is 5.02. The molecule has 0 bridgehead atoms. The van der Waals surface area contributed by atoms with E-state index in [1.807, 2.05) is 6.20 Å². The summed E-state index contributed by atoms with van der Waals surface area (Å²) in [6.07, 6.45) is 16.7. The van der Waals surface area contributed by atoms with Gasteiger partial charge < -0.3 is 4.90 Å². The molecule has 1 aromatic heterocycles. The SMILES string of the molecule is CCCCC1=C(CCCC)C(CCCC)N(c2ncccc2C)C(c2ccccc2)=C1CCCC. The van der Waals surface area contributed by atoms with E-state index in [0.717, 1.165) is 12.2 Å². The van der Waals surface area contributed by atoms with Gasteiger partial charge in [-0.25, -0.2) is 4.98 Å². The summed E-state index contributed by atoms with van der Waals surface area (Å²) in [5.74, 6) is 1.14. The van der Waals surface area contributed by atoms with Crippen molar-refractivity contribution in [2.45, 2.75) is 118 Å². The van der Waals surface area contributed by atoms with E-state index < -0.39 is 0 Å². The predicted octanol–water partition coefficient (Wildman–Crippen LogP) is 10.0. The second-order valence-electron chi connectivity index (χ2n) is 10.2. The minimum atomic E-state index is 0.391. The van der Waals surface area contributed by atoms with Crippen LogP contribution < -0.4 is 4.90 Å². The van der Waals surface area contributed by atoms with Crippen LogP contribution in [0, 0.1) is 6.92 Å². The van der Waals surface area contributed by atoms with Crippen molar-refractivity contribution in [3.63, 3.8) is 0 Å². The molecule has 1 aromatic carbocycles. The van der Waals surface area contributed by atoms with Gasteiger partial charge in [0.15, 0.2) is 0 Å². The first-order chi connectivity index (χ1) is 17.2. The molecule has 2 aromatic rings. The number of anilines is 1. The fourth-order valence-corrected chi connectivity index (χ4v) is 5.56. The standard InChI is InChI=1S/C33H48N2/c1-6-10-21-28-29(22-11-7-2)31(24-13-9-4)35(33-26(5)18-17-25-34-33)32(30(28)23-12-8-3)27-19-15-14-16-20-27/h14-20,25,31H,6-13,21-24H2,1-5H3. The number of hydrogen-bond acceptors (Lipinski definition) is 2. The molecule has 2 heteroatoms. The summed E-state index contributed by atoms with van der Waals surface area (Å²) < 4.78 is 0. The number of rotatable bonds is 14. The molecular weight excluding hydrogens is 424 g/mol. The van der Waals surface area contributed by atoms with Gasteiger partial charge in [-0.3, -0.25) is 0 Å². The van der Waals surface area contributed by atoms with Gasteiger partial charge in [0.05, 0.1) is 11.7 Å². The molecule has 1 unspecified atom stereocenters. The molecule has 3 rings (SSSR count). The van der Waals surface area contributed by atoms with Gasteiger partial charge in [0.25, 0.3) is 0 Å². The van der Waals surface area contributed by atoms with E-state index in [0.29, 0.717) is 6.04 Å². The Kier molecular flexibility index (Phi) is 11.1. The number of allylic oxidation sites excluding steroid dienone is 2.